The number of fused-ring (bicyclic) bond motifs is 1. The summed E-state index contributed by atoms with van der Waals surface area (Å²) in [5, 5.41) is 1.57. The van der Waals surface area contributed by atoms with Crippen LogP contribution in [0.15, 0.2) is 22.8 Å². The van der Waals surface area contributed by atoms with E-state index >= 15 is 0 Å². The van der Waals surface area contributed by atoms with Gasteiger partial charge in [0.05, 0.1) is 22.1 Å². The van der Waals surface area contributed by atoms with Gasteiger partial charge in [-0.05, 0) is 40.5 Å². The molecule has 0 saturated carbocycles. The lowest BCUT2D eigenvalue weighted by Crippen LogP contribution is -1.89. The second-order valence-corrected chi connectivity index (χ2v) is 4.49. The minimum atomic E-state index is 0.669. The minimum absolute atomic E-state index is 0.669. The first-order valence-corrected chi connectivity index (χ1v) is 5.59. The molecule has 78 valence electrons. The number of nitrogens with zero attached hydrogens (tertiary/aromatic N) is 1. The molecule has 0 aliphatic heterocycles. The van der Waals surface area contributed by atoms with E-state index in [9.17, 15) is 0 Å². The third-order valence-corrected chi connectivity index (χ3v) is 3.50. The van der Waals surface area contributed by atoms with Crippen molar-refractivity contribution in [1.29, 1.82) is 0 Å². The quantitative estimate of drug-likeness (QED) is 0.791. The molecule has 0 saturated heterocycles. The zero-order valence-corrected chi connectivity index (χ0v) is 10.7. The molecule has 0 amide bonds. The Bertz CT molecular complexity index is 527. The maximum atomic E-state index is 6.18. The van der Waals surface area contributed by atoms with Crippen LogP contribution in [0.3, 0.4) is 0 Å². The Labute approximate surface area is 101 Å². The van der Waals surface area contributed by atoms with E-state index in [4.69, 9.17) is 16.3 Å². The van der Waals surface area contributed by atoms with Gasteiger partial charge in [-0.25, -0.2) is 0 Å². The third kappa shape index (κ3) is 1.82. The van der Waals surface area contributed by atoms with Gasteiger partial charge in [0.2, 0.25) is 0 Å². The van der Waals surface area contributed by atoms with Crippen LogP contribution in [0, 0.1) is 6.92 Å². The number of aryl methyl sites for hydroxylation is 1. The summed E-state index contributed by atoms with van der Waals surface area (Å²) in [5.74, 6) is 0.793. The molecule has 4 heteroatoms. The predicted molar refractivity (Wildman–Crippen MR) is 65.7 cm³/mol. The third-order valence-electron chi connectivity index (χ3n) is 2.26. The highest BCUT2D eigenvalue weighted by molar-refractivity contribution is 9.10. The molecule has 0 spiro atoms. The summed E-state index contributed by atoms with van der Waals surface area (Å²) in [5.41, 5.74) is 1.96. The van der Waals surface area contributed by atoms with Crippen molar-refractivity contribution in [2.45, 2.75) is 6.92 Å². The van der Waals surface area contributed by atoms with Gasteiger partial charge in [0.25, 0.3) is 0 Å². The Morgan fingerprint density at radius 1 is 1.40 bits per heavy atom. The summed E-state index contributed by atoms with van der Waals surface area (Å²) < 4.78 is 5.99. The smallest absolute Gasteiger partial charge is 0.119 e. The van der Waals surface area contributed by atoms with E-state index < -0.39 is 0 Å². The van der Waals surface area contributed by atoms with E-state index in [1.165, 1.54) is 0 Å². The van der Waals surface area contributed by atoms with Crippen LogP contribution in [-0.4, -0.2) is 12.1 Å². The molecule has 0 atom stereocenters. The number of benzene rings is 1. The second kappa shape index (κ2) is 3.99. The highest BCUT2D eigenvalue weighted by Gasteiger charge is 2.08. The molecule has 1 heterocycles. The van der Waals surface area contributed by atoms with Crippen LogP contribution in [0.4, 0.5) is 0 Å². The molecule has 0 radical (unpaired) electrons. The summed E-state index contributed by atoms with van der Waals surface area (Å²) in [4.78, 5) is 4.33. The van der Waals surface area contributed by atoms with E-state index in [0.29, 0.717) is 5.02 Å². The van der Waals surface area contributed by atoms with Gasteiger partial charge < -0.3 is 4.74 Å². The molecule has 15 heavy (non-hydrogen) atoms. The molecule has 0 aliphatic rings. The lowest BCUT2D eigenvalue weighted by molar-refractivity contribution is 0.415. The molecular formula is C11H9BrClNO. The van der Waals surface area contributed by atoms with Crippen molar-refractivity contribution in [3.63, 3.8) is 0 Å². The van der Waals surface area contributed by atoms with Crippen LogP contribution in [0.25, 0.3) is 10.9 Å². The van der Waals surface area contributed by atoms with Gasteiger partial charge in [-0.3, -0.25) is 4.98 Å². The van der Waals surface area contributed by atoms with Crippen LogP contribution in [0.1, 0.15) is 5.56 Å². The monoisotopic (exact) mass is 285 g/mol. The van der Waals surface area contributed by atoms with Crippen molar-refractivity contribution < 1.29 is 4.74 Å². The van der Waals surface area contributed by atoms with Crippen LogP contribution in [-0.2, 0) is 0 Å². The number of ether oxygens (including phenoxy) is 1. The van der Waals surface area contributed by atoms with Gasteiger partial charge in [-0.1, -0.05) is 11.6 Å². The van der Waals surface area contributed by atoms with E-state index in [0.717, 1.165) is 26.7 Å². The molecule has 1 aromatic carbocycles. The van der Waals surface area contributed by atoms with Crippen LogP contribution in [0.5, 0.6) is 5.75 Å². The molecule has 2 rings (SSSR count). The Morgan fingerprint density at radius 3 is 2.80 bits per heavy atom. The Balaban J connectivity index is 2.86. The van der Waals surface area contributed by atoms with Crippen molar-refractivity contribution >= 4 is 38.4 Å². The number of halogens is 2. The number of methoxy groups -OCH3 is 1. The van der Waals surface area contributed by atoms with Gasteiger partial charge in [0.1, 0.15) is 5.75 Å². The Morgan fingerprint density at radius 2 is 2.13 bits per heavy atom. The molecule has 0 bridgehead atoms. The average Bonchev–Trinajstić information content (AvgIpc) is 2.23. The summed E-state index contributed by atoms with van der Waals surface area (Å²) in [6, 6.07) is 3.84. The van der Waals surface area contributed by atoms with Crippen molar-refractivity contribution in [2.24, 2.45) is 0 Å². The second-order valence-electron chi connectivity index (χ2n) is 3.26. The van der Waals surface area contributed by atoms with Crippen molar-refractivity contribution in [1.82, 2.24) is 4.98 Å². The van der Waals surface area contributed by atoms with Gasteiger partial charge in [0.15, 0.2) is 0 Å². The summed E-state index contributed by atoms with van der Waals surface area (Å²) in [7, 11) is 1.64. The SMILES string of the molecule is COc1cc(C)c2ncc(Br)c(Cl)c2c1. The van der Waals surface area contributed by atoms with Gasteiger partial charge >= 0.3 is 0 Å². The topological polar surface area (TPSA) is 22.1 Å². The van der Waals surface area contributed by atoms with E-state index in [2.05, 4.69) is 20.9 Å². The van der Waals surface area contributed by atoms with E-state index in [1.54, 1.807) is 13.3 Å². The zero-order chi connectivity index (χ0) is 11.0. The lowest BCUT2D eigenvalue weighted by atomic mass is 10.1. The summed E-state index contributed by atoms with van der Waals surface area (Å²) in [6.07, 6.45) is 1.71. The molecule has 0 N–H and O–H groups in total. The fourth-order valence-electron chi connectivity index (χ4n) is 1.51. The molecule has 2 nitrogen and oxygen atoms in total. The van der Waals surface area contributed by atoms with Gasteiger partial charge in [0, 0.05) is 11.6 Å². The maximum absolute atomic E-state index is 6.18. The number of rotatable bonds is 1. The standard InChI is InChI=1S/C11H9BrClNO/c1-6-3-7(15-2)4-8-10(13)9(12)5-14-11(6)8/h3-5H,1-2H3. The van der Waals surface area contributed by atoms with Crippen LogP contribution < -0.4 is 4.74 Å². The molecule has 2 aromatic rings. The average molecular weight is 287 g/mol. The van der Waals surface area contributed by atoms with Crippen LogP contribution in [0.2, 0.25) is 5.02 Å². The molecular weight excluding hydrogens is 277 g/mol. The highest BCUT2D eigenvalue weighted by Crippen LogP contribution is 2.33. The zero-order valence-electron chi connectivity index (χ0n) is 8.34. The predicted octanol–water partition coefficient (Wildman–Crippen LogP) is 3.97. The fourth-order valence-corrected chi connectivity index (χ4v) is 2.02. The molecule has 0 unspecified atom stereocenters. The fraction of sp³-hybridized carbons (Fsp3) is 0.182. The Kier molecular flexibility index (Phi) is 2.85. The first-order valence-electron chi connectivity index (χ1n) is 4.42. The minimum Gasteiger partial charge on any atom is -0.497 e. The van der Waals surface area contributed by atoms with Gasteiger partial charge in [-0.15, -0.1) is 0 Å². The number of hydrogen-bond acceptors (Lipinski definition) is 2. The van der Waals surface area contributed by atoms with E-state index in [1.807, 2.05) is 19.1 Å². The van der Waals surface area contributed by atoms with E-state index in [-0.39, 0.29) is 0 Å². The lowest BCUT2D eigenvalue weighted by Gasteiger charge is -2.07. The van der Waals surface area contributed by atoms with Crippen LogP contribution >= 0.6 is 27.5 Å². The maximum Gasteiger partial charge on any atom is 0.119 e. The molecule has 0 fully saturated rings. The van der Waals surface area contributed by atoms with Crippen molar-refractivity contribution in [3.8, 4) is 5.75 Å². The first kappa shape index (κ1) is 10.7. The Hall–Kier alpha value is -0.800. The van der Waals surface area contributed by atoms with Crippen molar-refractivity contribution in [2.75, 3.05) is 7.11 Å². The van der Waals surface area contributed by atoms with Gasteiger partial charge in [-0.2, -0.15) is 0 Å². The summed E-state index contributed by atoms with van der Waals surface area (Å²) >= 11 is 9.54. The first-order chi connectivity index (χ1) is 7.13. The summed E-state index contributed by atoms with van der Waals surface area (Å²) in [6.45, 7) is 1.99. The molecule has 0 aliphatic carbocycles. The largest absolute Gasteiger partial charge is 0.497 e. The normalized spacial score (nSPS) is 10.7. The highest BCUT2D eigenvalue weighted by atomic mass is 79.9. The molecule has 1 aromatic heterocycles. The number of aromatic nitrogens is 1. The number of pyridine rings is 1. The van der Waals surface area contributed by atoms with Crippen molar-refractivity contribution in [3.05, 3.63) is 33.4 Å². The number of hydrogen-bond donors (Lipinski definition) is 0.